The molecule has 152 valence electrons. The molecule has 0 saturated heterocycles. The van der Waals surface area contributed by atoms with Gasteiger partial charge in [0.15, 0.2) is 18.1 Å². The van der Waals surface area contributed by atoms with Gasteiger partial charge in [-0.3, -0.25) is 30.6 Å². The summed E-state index contributed by atoms with van der Waals surface area (Å²) in [5.74, 6) is -0.308. The molecule has 0 saturated carbocycles. The van der Waals surface area contributed by atoms with Crippen LogP contribution in [0.5, 0.6) is 11.5 Å². The normalized spacial score (nSPS) is 10.4. The van der Waals surface area contributed by atoms with E-state index in [0.29, 0.717) is 23.7 Å². The Morgan fingerprint density at radius 1 is 1.14 bits per heavy atom. The Bertz CT molecular complexity index is 932. The van der Waals surface area contributed by atoms with Crippen molar-refractivity contribution in [3.05, 3.63) is 69.2 Å². The number of para-hydroxylation sites is 2. The van der Waals surface area contributed by atoms with Crippen LogP contribution >= 0.6 is 11.6 Å². The number of amides is 2. The quantitative estimate of drug-likeness (QED) is 0.385. The topological polar surface area (TPSA) is 120 Å². The number of benzene rings is 2. The minimum atomic E-state index is -0.634. The lowest BCUT2D eigenvalue weighted by atomic mass is 10.2. The molecule has 2 N–H and O–H groups in total. The summed E-state index contributed by atoms with van der Waals surface area (Å²) in [6, 6.07) is 11.0. The van der Waals surface area contributed by atoms with Crippen LogP contribution in [0.2, 0.25) is 5.02 Å². The predicted octanol–water partition coefficient (Wildman–Crippen LogP) is 2.89. The number of hydrogen-bond donors (Lipinski definition) is 2. The molecule has 0 radical (unpaired) electrons. The number of nitro groups is 1. The van der Waals surface area contributed by atoms with Gasteiger partial charge >= 0.3 is 0 Å². The summed E-state index contributed by atoms with van der Waals surface area (Å²) >= 11 is 5.73. The van der Waals surface area contributed by atoms with Crippen molar-refractivity contribution in [2.24, 2.45) is 0 Å². The zero-order valence-electron chi connectivity index (χ0n) is 15.4. The van der Waals surface area contributed by atoms with E-state index in [-0.39, 0.29) is 17.3 Å². The fraction of sp³-hybridized carbons (Fsp3) is 0.158. The Morgan fingerprint density at radius 2 is 1.83 bits per heavy atom. The first-order valence-electron chi connectivity index (χ1n) is 8.46. The van der Waals surface area contributed by atoms with Gasteiger partial charge in [-0.25, -0.2) is 0 Å². The molecule has 29 heavy (non-hydrogen) atoms. The van der Waals surface area contributed by atoms with E-state index in [1.807, 2.05) is 6.92 Å². The van der Waals surface area contributed by atoms with E-state index in [0.717, 1.165) is 6.08 Å². The number of nitrogens with zero attached hydrogens (tertiary/aromatic N) is 1. The Hall–Kier alpha value is -3.59. The molecule has 2 rings (SSSR count). The largest absolute Gasteiger partial charge is 0.490 e. The molecule has 9 nitrogen and oxygen atoms in total. The molecule has 0 fully saturated rings. The zero-order valence-corrected chi connectivity index (χ0v) is 16.1. The Kier molecular flexibility index (Phi) is 7.99. The SMILES string of the molecule is CCOc1ccccc1OCC(=O)NNC(=O)/C=C/c1ccc(Cl)c([N+](=O)[O-])c1. The van der Waals surface area contributed by atoms with Gasteiger partial charge < -0.3 is 9.47 Å². The smallest absolute Gasteiger partial charge is 0.288 e. The van der Waals surface area contributed by atoms with Gasteiger partial charge in [-0.15, -0.1) is 0 Å². The van der Waals surface area contributed by atoms with Crippen molar-refractivity contribution < 1.29 is 24.0 Å². The second-order valence-electron chi connectivity index (χ2n) is 5.51. The maximum absolute atomic E-state index is 11.8. The molecule has 2 aromatic rings. The summed E-state index contributed by atoms with van der Waals surface area (Å²) in [6.45, 7) is 1.94. The van der Waals surface area contributed by atoms with Crippen LogP contribution in [0.1, 0.15) is 12.5 Å². The summed E-state index contributed by atoms with van der Waals surface area (Å²) < 4.78 is 10.8. The molecule has 2 amide bonds. The van der Waals surface area contributed by atoms with Crippen molar-refractivity contribution in [2.75, 3.05) is 13.2 Å². The van der Waals surface area contributed by atoms with Gasteiger partial charge in [-0.1, -0.05) is 29.8 Å². The van der Waals surface area contributed by atoms with Crippen molar-refractivity contribution in [2.45, 2.75) is 6.92 Å². The molecule has 2 aromatic carbocycles. The lowest BCUT2D eigenvalue weighted by Crippen LogP contribution is -2.43. The molecular weight excluding hydrogens is 402 g/mol. The molecule has 0 atom stereocenters. The average Bonchev–Trinajstić information content (AvgIpc) is 2.71. The third-order valence-electron chi connectivity index (χ3n) is 3.43. The van der Waals surface area contributed by atoms with E-state index < -0.39 is 16.7 Å². The van der Waals surface area contributed by atoms with E-state index in [9.17, 15) is 19.7 Å². The zero-order chi connectivity index (χ0) is 21.2. The third kappa shape index (κ3) is 6.82. The van der Waals surface area contributed by atoms with Gasteiger partial charge in [0.1, 0.15) is 5.02 Å². The maximum Gasteiger partial charge on any atom is 0.288 e. The average molecular weight is 420 g/mol. The maximum atomic E-state index is 11.8. The van der Waals surface area contributed by atoms with Gasteiger partial charge in [-0.2, -0.15) is 0 Å². The number of halogens is 1. The molecule has 10 heteroatoms. The number of carbonyl (C=O) groups is 2. The molecular formula is C19H18ClN3O6. The monoisotopic (exact) mass is 419 g/mol. The highest BCUT2D eigenvalue weighted by Gasteiger charge is 2.12. The summed E-state index contributed by atoms with van der Waals surface area (Å²) in [5.41, 5.74) is 4.51. The lowest BCUT2D eigenvalue weighted by molar-refractivity contribution is -0.384. The van der Waals surface area contributed by atoms with Crippen molar-refractivity contribution >= 4 is 35.2 Å². The van der Waals surface area contributed by atoms with Gasteiger partial charge in [-0.05, 0) is 36.8 Å². The molecule has 0 bridgehead atoms. The highest BCUT2D eigenvalue weighted by molar-refractivity contribution is 6.32. The van der Waals surface area contributed by atoms with Crippen molar-refractivity contribution in [3.8, 4) is 11.5 Å². The predicted molar refractivity (Wildman–Crippen MR) is 107 cm³/mol. The van der Waals surface area contributed by atoms with Crippen molar-refractivity contribution in [1.82, 2.24) is 10.9 Å². The van der Waals surface area contributed by atoms with Crippen LogP contribution in [-0.4, -0.2) is 30.0 Å². The van der Waals surface area contributed by atoms with Crippen LogP contribution < -0.4 is 20.3 Å². The molecule has 0 aromatic heterocycles. The number of nitrogens with one attached hydrogen (secondary N) is 2. The summed E-state index contributed by atoms with van der Waals surface area (Å²) in [6.07, 6.45) is 2.46. The van der Waals surface area contributed by atoms with E-state index in [2.05, 4.69) is 10.9 Å². The van der Waals surface area contributed by atoms with Gasteiger partial charge in [0.2, 0.25) is 0 Å². The van der Waals surface area contributed by atoms with E-state index in [1.54, 1.807) is 24.3 Å². The lowest BCUT2D eigenvalue weighted by Gasteiger charge is -2.11. The number of carbonyl (C=O) groups excluding carboxylic acids is 2. The van der Waals surface area contributed by atoms with Crippen LogP contribution in [-0.2, 0) is 9.59 Å². The Morgan fingerprint density at radius 3 is 2.48 bits per heavy atom. The standard InChI is InChI=1S/C19H18ClN3O6/c1-2-28-16-5-3-4-6-17(16)29-12-19(25)22-21-18(24)10-8-13-7-9-14(20)15(11-13)23(26)27/h3-11H,2,12H2,1H3,(H,21,24)(H,22,25)/b10-8+. The summed E-state index contributed by atoms with van der Waals surface area (Å²) in [7, 11) is 0. The number of ether oxygens (including phenoxy) is 2. The number of rotatable bonds is 8. The number of hydrogen-bond acceptors (Lipinski definition) is 6. The fourth-order valence-corrected chi connectivity index (χ4v) is 2.33. The molecule has 0 unspecified atom stereocenters. The molecule has 0 spiro atoms. The Balaban J connectivity index is 1.83. The minimum absolute atomic E-state index is 0.00484. The van der Waals surface area contributed by atoms with E-state index in [1.165, 1.54) is 24.3 Å². The van der Waals surface area contributed by atoms with Crippen molar-refractivity contribution in [1.29, 1.82) is 0 Å². The molecule has 0 aliphatic heterocycles. The van der Waals surface area contributed by atoms with Gasteiger partial charge in [0, 0.05) is 12.1 Å². The third-order valence-corrected chi connectivity index (χ3v) is 3.75. The van der Waals surface area contributed by atoms with Crippen LogP contribution in [0.25, 0.3) is 6.08 Å². The second kappa shape index (κ2) is 10.7. The molecule has 0 heterocycles. The van der Waals surface area contributed by atoms with E-state index in [4.69, 9.17) is 21.1 Å². The van der Waals surface area contributed by atoms with Crippen LogP contribution in [0.15, 0.2) is 48.5 Å². The number of hydrazine groups is 1. The van der Waals surface area contributed by atoms with Gasteiger partial charge in [0.25, 0.3) is 17.5 Å². The highest BCUT2D eigenvalue weighted by Crippen LogP contribution is 2.26. The molecule has 0 aliphatic carbocycles. The van der Waals surface area contributed by atoms with E-state index >= 15 is 0 Å². The molecule has 0 aliphatic rings. The first-order valence-corrected chi connectivity index (χ1v) is 8.84. The van der Waals surface area contributed by atoms with Crippen LogP contribution in [0.3, 0.4) is 0 Å². The minimum Gasteiger partial charge on any atom is -0.490 e. The number of nitro benzene ring substituents is 1. The van der Waals surface area contributed by atoms with Crippen LogP contribution in [0.4, 0.5) is 5.69 Å². The van der Waals surface area contributed by atoms with Crippen molar-refractivity contribution in [3.63, 3.8) is 0 Å². The first kappa shape index (κ1) is 21.7. The Labute approximate surface area is 171 Å². The summed E-state index contributed by atoms with van der Waals surface area (Å²) in [4.78, 5) is 33.8. The summed E-state index contributed by atoms with van der Waals surface area (Å²) in [5, 5.41) is 10.9. The highest BCUT2D eigenvalue weighted by atomic mass is 35.5. The fourth-order valence-electron chi connectivity index (χ4n) is 2.14. The van der Waals surface area contributed by atoms with Crippen LogP contribution in [0, 0.1) is 10.1 Å². The van der Waals surface area contributed by atoms with Gasteiger partial charge in [0.05, 0.1) is 11.5 Å². The first-order chi connectivity index (χ1) is 13.9. The second-order valence-corrected chi connectivity index (χ2v) is 5.91.